The molecule has 6 heteroatoms. The molecule has 6 nitrogen and oxygen atoms in total. The number of nitrogens with one attached hydrogen (secondary N) is 1. The first kappa shape index (κ1) is 20.0. The van der Waals surface area contributed by atoms with Crippen molar-refractivity contribution < 1.29 is 13.9 Å². The second-order valence-corrected chi connectivity index (χ2v) is 7.71. The van der Waals surface area contributed by atoms with Crippen LogP contribution in [0.2, 0.25) is 0 Å². The van der Waals surface area contributed by atoms with Gasteiger partial charge in [0, 0.05) is 18.4 Å². The zero-order valence-electron chi connectivity index (χ0n) is 17.4. The zero-order chi connectivity index (χ0) is 20.9. The number of ether oxygens (including phenoxy) is 1. The number of pyridine rings is 1. The minimum atomic E-state index is -0.101. The van der Waals surface area contributed by atoms with Crippen molar-refractivity contribution in [2.24, 2.45) is 0 Å². The maximum atomic E-state index is 13.1. The molecule has 30 heavy (non-hydrogen) atoms. The van der Waals surface area contributed by atoms with E-state index < -0.39 is 0 Å². The molecular weight excluding hydrogens is 378 g/mol. The molecule has 2 aromatic heterocycles. The number of likely N-dealkylation sites (tertiary alicyclic amines) is 1. The summed E-state index contributed by atoms with van der Waals surface area (Å²) in [6.45, 7) is 4.61. The van der Waals surface area contributed by atoms with Crippen molar-refractivity contribution in [1.29, 1.82) is 0 Å². The molecule has 3 heterocycles. The van der Waals surface area contributed by atoms with Gasteiger partial charge in [0.25, 0.3) is 0 Å². The number of hydrogen-bond acceptors (Lipinski definition) is 4. The van der Waals surface area contributed by atoms with Crippen LogP contribution in [0.1, 0.15) is 48.8 Å². The largest absolute Gasteiger partial charge is 0.464 e. The molecule has 1 aliphatic heterocycles. The van der Waals surface area contributed by atoms with Gasteiger partial charge in [-0.1, -0.05) is 12.8 Å². The van der Waals surface area contributed by atoms with Crippen molar-refractivity contribution in [3.8, 4) is 11.5 Å². The van der Waals surface area contributed by atoms with Crippen LogP contribution in [0, 0.1) is 13.8 Å². The first-order chi connectivity index (χ1) is 14.6. The third-order valence-corrected chi connectivity index (χ3v) is 5.39. The second kappa shape index (κ2) is 9.03. The standard InChI is InChI=1S/C24H27N3O3/c1-17-15-19(10-12-22(17)30-20-7-6-13-25-16-20)26-24(28)27-14-5-3-4-8-21(27)23-11-9-18(2)29-23/h6-7,9-13,15-16,21H,3-5,8,14H2,1-2H3,(H,26,28)/t21-/m1/s1. The molecule has 1 N–H and O–H groups in total. The van der Waals surface area contributed by atoms with Crippen molar-refractivity contribution >= 4 is 11.7 Å². The number of aryl methyl sites for hydroxylation is 2. The molecule has 1 saturated heterocycles. The molecule has 2 amide bonds. The molecule has 1 aromatic carbocycles. The Morgan fingerprint density at radius 2 is 2.07 bits per heavy atom. The van der Waals surface area contributed by atoms with Crippen LogP contribution in [0.5, 0.6) is 11.5 Å². The van der Waals surface area contributed by atoms with Gasteiger partial charge in [-0.25, -0.2) is 4.79 Å². The maximum Gasteiger partial charge on any atom is 0.322 e. The van der Waals surface area contributed by atoms with E-state index in [4.69, 9.17) is 9.15 Å². The van der Waals surface area contributed by atoms with E-state index in [0.717, 1.165) is 60.7 Å². The van der Waals surface area contributed by atoms with E-state index in [9.17, 15) is 4.79 Å². The summed E-state index contributed by atoms with van der Waals surface area (Å²) in [4.78, 5) is 19.1. The summed E-state index contributed by atoms with van der Waals surface area (Å²) >= 11 is 0. The summed E-state index contributed by atoms with van der Waals surface area (Å²) in [6.07, 6.45) is 7.51. The van der Waals surface area contributed by atoms with Crippen LogP contribution < -0.4 is 10.1 Å². The SMILES string of the molecule is Cc1ccc([C@H]2CCCCCN2C(=O)Nc2ccc(Oc3cccnc3)c(C)c2)o1. The lowest BCUT2D eigenvalue weighted by Crippen LogP contribution is -2.38. The molecule has 0 aliphatic carbocycles. The molecule has 0 bridgehead atoms. The summed E-state index contributed by atoms with van der Waals surface area (Å²) < 4.78 is 11.7. The Bertz CT molecular complexity index is 1000. The van der Waals surface area contributed by atoms with E-state index in [1.54, 1.807) is 12.4 Å². The Hall–Kier alpha value is -3.28. The first-order valence-corrected chi connectivity index (χ1v) is 10.4. The Kier molecular flexibility index (Phi) is 6.02. The zero-order valence-corrected chi connectivity index (χ0v) is 17.4. The predicted molar refractivity (Wildman–Crippen MR) is 116 cm³/mol. The molecule has 1 atom stereocenters. The summed E-state index contributed by atoms with van der Waals surface area (Å²) in [7, 11) is 0. The van der Waals surface area contributed by atoms with Crippen molar-refractivity contribution in [3.05, 3.63) is 71.9 Å². The lowest BCUT2D eigenvalue weighted by Gasteiger charge is -2.29. The Labute approximate surface area is 176 Å². The third kappa shape index (κ3) is 4.64. The van der Waals surface area contributed by atoms with Crippen LogP contribution in [0.15, 0.2) is 59.3 Å². The number of nitrogens with zero attached hydrogens (tertiary/aromatic N) is 2. The number of urea groups is 1. The third-order valence-electron chi connectivity index (χ3n) is 5.39. The van der Waals surface area contributed by atoms with Gasteiger partial charge in [-0.3, -0.25) is 4.98 Å². The number of carbonyl (C=O) groups is 1. The molecule has 4 rings (SSSR count). The number of hydrogen-bond donors (Lipinski definition) is 1. The molecule has 1 fully saturated rings. The minimum Gasteiger partial charge on any atom is -0.464 e. The number of furan rings is 1. The van der Waals surface area contributed by atoms with Gasteiger partial charge in [-0.05, 0) is 74.7 Å². The highest BCUT2D eigenvalue weighted by Crippen LogP contribution is 2.32. The normalized spacial score (nSPS) is 16.7. The van der Waals surface area contributed by atoms with Crippen molar-refractivity contribution in [2.45, 2.75) is 45.6 Å². The molecule has 3 aromatic rings. The number of rotatable bonds is 4. The number of carbonyl (C=O) groups excluding carboxylic acids is 1. The quantitative estimate of drug-likeness (QED) is 0.558. The second-order valence-electron chi connectivity index (χ2n) is 7.71. The van der Waals surface area contributed by atoms with Gasteiger partial charge < -0.3 is 19.4 Å². The maximum absolute atomic E-state index is 13.1. The predicted octanol–water partition coefficient (Wildman–Crippen LogP) is 6.23. The minimum absolute atomic E-state index is 0.0320. The van der Waals surface area contributed by atoms with Gasteiger partial charge in [-0.2, -0.15) is 0 Å². The van der Waals surface area contributed by atoms with Crippen LogP contribution >= 0.6 is 0 Å². The van der Waals surface area contributed by atoms with E-state index in [0.29, 0.717) is 5.75 Å². The Balaban J connectivity index is 1.48. The van der Waals surface area contributed by atoms with Crippen molar-refractivity contribution in [1.82, 2.24) is 9.88 Å². The fraction of sp³-hybridized carbons (Fsp3) is 0.333. The molecule has 0 unspecified atom stereocenters. The smallest absolute Gasteiger partial charge is 0.322 e. The average Bonchev–Trinajstić information content (AvgIpc) is 3.02. The number of amides is 2. The fourth-order valence-electron chi connectivity index (χ4n) is 3.85. The van der Waals surface area contributed by atoms with Crippen LogP contribution in [-0.2, 0) is 0 Å². The molecule has 0 radical (unpaired) electrons. The highest BCUT2D eigenvalue weighted by atomic mass is 16.5. The van der Waals surface area contributed by atoms with Gasteiger partial charge in [0.1, 0.15) is 23.0 Å². The van der Waals surface area contributed by atoms with Crippen molar-refractivity contribution in [3.63, 3.8) is 0 Å². The molecule has 156 valence electrons. The summed E-state index contributed by atoms with van der Waals surface area (Å²) in [5.74, 6) is 3.15. The monoisotopic (exact) mass is 405 g/mol. The van der Waals surface area contributed by atoms with E-state index in [2.05, 4.69) is 10.3 Å². The Morgan fingerprint density at radius 3 is 2.80 bits per heavy atom. The van der Waals surface area contributed by atoms with Crippen LogP contribution in [-0.4, -0.2) is 22.5 Å². The van der Waals surface area contributed by atoms with Crippen molar-refractivity contribution in [2.75, 3.05) is 11.9 Å². The van der Waals surface area contributed by atoms with E-state index in [1.807, 2.05) is 61.2 Å². The molecular formula is C24H27N3O3. The Morgan fingerprint density at radius 1 is 1.17 bits per heavy atom. The van der Waals surface area contributed by atoms with Crippen LogP contribution in [0.3, 0.4) is 0 Å². The van der Waals surface area contributed by atoms with Gasteiger partial charge in [0.2, 0.25) is 0 Å². The van der Waals surface area contributed by atoms with Crippen LogP contribution in [0.25, 0.3) is 0 Å². The number of anilines is 1. The average molecular weight is 405 g/mol. The van der Waals surface area contributed by atoms with Gasteiger partial charge in [0.05, 0.1) is 12.2 Å². The summed E-state index contributed by atoms with van der Waals surface area (Å²) in [5.41, 5.74) is 1.68. The van der Waals surface area contributed by atoms with E-state index >= 15 is 0 Å². The lowest BCUT2D eigenvalue weighted by atomic mass is 10.1. The number of aromatic nitrogens is 1. The van der Waals surface area contributed by atoms with Gasteiger partial charge in [-0.15, -0.1) is 0 Å². The molecule has 0 saturated carbocycles. The topological polar surface area (TPSA) is 67.6 Å². The first-order valence-electron chi connectivity index (χ1n) is 10.4. The highest BCUT2D eigenvalue weighted by Gasteiger charge is 2.29. The molecule has 1 aliphatic rings. The van der Waals surface area contributed by atoms with E-state index in [-0.39, 0.29) is 12.1 Å². The highest BCUT2D eigenvalue weighted by molar-refractivity contribution is 5.89. The van der Waals surface area contributed by atoms with E-state index in [1.165, 1.54) is 0 Å². The van der Waals surface area contributed by atoms with Crippen LogP contribution in [0.4, 0.5) is 10.5 Å². The summed E-state index contributed by atoms with van der Waals surface area (Å²) in [5, 5.41) is 3.06. The molecule has 0 spiro atoms. The number of benzene rings is 1. The fourth-order valence-corrected chi connectivity index (χ4v) is 3.85. The lowest BCUT2D eigenvalue weighted by molar-refractivity contribution is 0.178. The van der Waals surface area contributed by atoms with Gasteiger partial charge >= 0.3 is 6.03 Å². The summed E-state index contributed by atoms with van der Waals surface area (Å²) in [6, 6.07) is 13.2. The van der Waals surface area contributed by atoms with Gasteiger partial charge in [0.15, 0.2) is 0 Å².